The highest BCUT2D eigenvalue weighted by Gasteiger charge is 2.51. The first kappa shape index (κ1) is 14.4. The molecule has 2 aliphatic rings. The van der Waals surface area contributed by atoms with Gasteiger partial charge in [-0.2, -0.15) is 5.21 Å². The Balaban J connectivity index is 1.46. The van der Waals surface area contributed by atoms with Crippen LogP contribution in [0.3, 0.4) is 0 Å². The predicted octanol–water partition coefficient (Wildman–Crippen LogP) is 1.93. The highest BCUT2D eigenvalue weighted by Crippen LogP contribution is 2.50. The van der Waals surface area contributed by atoms with E-state index in [1.54, 1.807) is 0 Å². The number of carbonyl (C=O) groups is 1. The second kappa shape index (κ2) is 5.76. The van der Waals surface area contributed by atoms with Crippen LogP contribution < -0.4 is 0 Å². The number of nitrogens with zero attached hydrogens (tertiary/aromatic N) is 4. The summed E-state index contributed by atoms with van der Waals surface area (Å²) in [6, 6.07) is 10.3. The number of likely N-dealkylation sites (tertiary alicyclic amines) is 1. The zero-order valence-corrected chi connectivity index (χ0v) is 13.1. The van der Waals surface area contributed by atoms with Gasteiger partial charge in [0.15, 0.2) is 5.82 Å². The third kappa shape index (κ3) is 2.85. The van der Waals surface area contributed by atoms with Gasteiger partial charge < -0.3 is 4.90 Å². The predicted molar refractivity (Wildman–Crippen MR) is 84.5 cm³/mol. The van der Waals surface area contributed by atoms with Crippen molar-refractivity contribution in [2.45, 2.75) is 38.0 Å². The molecular formula is C17H21N5O. The molecule has 1 atom stereocenters. The summed E-state index contributed by atoms with van der Waals surface area (Å²) in [5.41, 5.74) is 1.09. The molecule has 1 N–H and O–H groups in total. The Morgan fingerprint density at radius 1 is 1.30 bits per heavy atom. The quantitative estimate of drug-likeness (QED) is 0.936. The van der Waals surface area contributed by atoms with Crippen molar-refractivity contribution in [2.24, 2.45) is 5.41 Å². The number of amides is 1. The Morgan fingerprint density at radius 3 is 2.83 bits per heavy atom. The van der Waals surface area contributed by atoms with Crippen LogP contribution in [0, 0.1) is 5.41 Å². The average molecular weight is 311 g/mol. The maximum Gasteiger partial charge on any atom is 0.229 e. The average Bonchev–Trinajstić information content (AvgIpc) is 3.17. The van der Waals surface area contributed by atoms with Gasteiger partial charge >= 0.3 is 0 Å². The fourth-order valence-corrected chi connectivity index (χ4v) is 3.65. The molecule has 1 aliphatic carbocycles. The van der Waals surface area contributed by atoms with E-state index < -0.39 is 0 Å². The lowest BCUT2D eigenvalue weighted by atomic mass is 9.91. The molecule has 1 saturated carbocycles. The molecule has 1 unspecified atom stereocenters. The third-order valence-corrected chi connectivity index (χ3v) is 5.13. The molecular weight excluding hydrogens is 290 g/mol. The van der Waals surface area contributed by atoms with Crippen molar-refractivity contribution >= 4 is 5.91 Å². The number of tetrazole rings is 1. The number of piperidine rings is 1. The van der Waals surface area contributed by atoms with Crippen LogP contribution in [0.1, 0.15) is 43.0 Å². The molecule has 1 aromatic heterocycles. The zero-order valence-electron chi connectivity index (χ0n) is 13.1. The number of H-pyrrole nitrogens is 1. The van der Waals surface area contributed by atoms with Gasteiger partial charge in [0.25, 0.3) is 0 Å². The maximum atomic E-state index is 13.1. The number of nitrogens with one attached hydrogen (secondary N) is 1. The summed E-state index contributed by atoms with van der Waals surface area (Å²) in [6.45, 7) is 1.57. The van der Waals surface area contributed by atoms with Crippen LogP contribution in [-0.2, 0) is 11.2 Å². The number of hydrogen-bond donors (Lipinski definition) is 1. The smallest absolute Gasteiger partial charge is 0.229 e. The normalized spacial score (nSPS) is 22.8. The molecule has 6 nitrogen and oxygen atoms in total. The Hall–Kier alpha value is -2.24. The molecule has 4 rings (SSSR count). The first-order valence-corrected chi connectivity index (χ1v) is 8.33. The van der Waals surface area contributed by atoms with Gasteiger partial charge in [0.2, 0.25) is 5.91 Å². The van der Waals surface area contributed by atoms with E-state index in [9.17, 15) is 4.79 Å². The van der Waals surface area contributed by atoms with Crippen molar-refractivity contribution in [1.29, 1.82) is 0 Å². The summed E-state index contributed by atoms with van der Waals surface area (Å²) in [5.74, 6) is 1.25. The molecule has 1 aliphatic heterocycles. The number of rotatable bonds is 4. The van der Waals surface area contributed by atoms with Crippen LogP contribution in [0.2, 0.25) is 0 Å². The molecule has 120 valence electrons. The van der Waals surface area contributed by atoms with Crippen LogP contribution >= 0.6 is 0 Å². The van der Waals surface area contributed by atoms with Gasteiger partial charge in [0.05, 0.1) is 5.41 Å². The third-order valence-electron chi connectivity index (χ3n) is 5.13. The van der Waals surface area contributed by atoms with Crippen LogP contribution in [0.25, 0.3) is 0 Å². The Labute approximate surface area is 135 Å². The monoisotopic (exact) mass is 311 g/mol. The second-order valence-electron chi connectivity index (χ2n) is 6.80. The van der Waals surface area contributed by atoms with Crippen molar-refractivity contribution in [1.82, 2.24) is 25.5 Å². The van der Waals surface area contributed by atoms with Gasteiger partial charge in [0, 0.05) is 19.0 Å². The van der Waals surface area contributed by atoms with Crippen LogP contribution in [0.4, 0.5) is 0 Å². The molecule has 1 aromatic carbocycles. The molecule has 23 heavy (non-hydrogen) atoms. The number of benzene rings is 1. The molecule has 0 radical (unpaired) electrons. The molecule has 6 heteroatoms. The largest absolute Gasteiger partial charge is 0.341 e. The van der Waals surface area contributed by atoms with Gasteiger partial charge in [-0.25, -0.2) is 0 Å². The highest BCUT2D eigenvalue weighted by molar-refractivity contribution is 5.86. The highest BCUT2D eigenvalue weighted by atomic mass is 16.2. The van der Waals surface area contributed by atoms with E-state index in [2.05, 4.69) is 32.8 Å². The van der Waals surface area contributed by atoms with Crippen LogP contribution in [0.5, 0.6) is 0 Å². The summed E-state index contributed by atoms with van der Waals surface area (Å²) in [4.78, 5) is 15.1. The standard InChI is InChI=1S/C17H21N5O/c23-16(17(8-9-17)11-13-5-2-1-3-6-13)22-10-4-7-14(12-22)15-18-20-21-19-15/h1-3,5-6,14H,4,7-12H2,(H,18,19,20,21). The molecule has 2 fully saturated rings. The van der Waals surface area contributed by atoms with Crippen molar-refractivity contribution in [3.63, 3.8) is 0 Å². The molecule has 1 saturated heterocycles. The topological polar surface area (TPSA) is 74.8 Å². The summed E-state index contributed by atoms with van der Waals surface area (Å²) in [5, 5.41) is 14.3. The lowest BCUT2D eigenvalue weighted by Gasteiger charge is -2.34. The minimum Gasteiger partial charge on any atom is -0.341 e. The number of aromatic amines is 1. The van der Waals surface area contributed by atoms with E-state index >= 15 is 0 Å². The van der Waals surface area contributed by atoms with Crippen LogP contribution in [0.15, 0.2) is 30.3 Å². The van der Waals surface area contributed by atoms with Crippen molar-refractivity contribution in [2.75, 3.05) is 13.1 Å². The van der Waals surface area contributed by atoms with E-state index in [1.807, 2.05) is 23.1 Å². The SMILES string of the molecule is O=C(N1CCCC(c2nn[nH]n2)C1)C1(Cc2ccccc2)CC1. The van der Waals surface area contributed by atoms with Crippen molar-refractivity contribution in [3.8, 4) is 0 Å². The Morgan fingerprint density at radius 2 is 2.13 bits per heavy atom. The van der Waals surface area contributed by atoms with E-state index in [0.717, 1.165) is 51.0 Å². The molecule has 1 amide bonds. The molecule has 0 bridgehead atoms. The lowest BCUT2D eigenvalue weighted by Crippen LogP contribution is -2.44. The van der Waals surface area contributed by atoms with E-state index in [4.69, 9.17) is 0 Å². The second-order valence-corrected chi connectivity index (χ2v) is 6.80. The minimum atomic E-state index is -0.166. The van der Waals surface area contributed by atoms with Crippen molar-refractivity contribution in [3.05, 3.63) is 41.7 Å². The first-order chi connectivity index (χ1) is 11.3. The van der Waals surface area contributed by atoms with Gasteiger partial charge in [-0.3, -0.25) is 4.79 Å². The Bertz CT molecular complexity index is 666. The maximum absolute atomic E-state index is 13.1. The molecule has 2 heterocycles. The van der Waals surface area contributed by atoms with E-state index in [-0.39, 0.29) is 11.3 Å². The number of hydrogen-bond acceptors (Lipinski definition) is 4. The fraction of sp³-hybridized carbons (Fsp3) is 0.529. The number of aromatic nitrogens is 4. The fourth-order valence-electron chi connectivity index (χ4n) is 3.65. The summed E-state index contributed by atoms with van der Waals surface area (Å²) < 4.78 is 0. The van der Waals surface area contributed by atoms with E-state index in [1.165, 1.54) is 5.56 Å². The molecule has 2 aromatic rings. The summed E-state index contributed by atoms with van der Waals surface area (Å²) in [7, 11) is 0. The lowest BCUT2D eigenvalue weighted by molar-refractivity contribution is -0.138. The zero-order chi connectivity index (χ0) is 15.7. The van der Waals surface area contributed by atoms with E-state index in [0.29, 0.717) is 5.91 Å². The summed E-state index contributed by atoms with van der Waals surface area (Å²) >= 11 is 0. The minimum absolute atomic E-state index is 0.166. The number of carbonyl (C=O) groups excluding carboxylic acids is 1. The van der Waals surface area contributed by atoms with Gasteiger partial charge in [-0.1, -0.05) is 35.5 Å². The van der Waals surface area contributed by atoms with Crippen LogP contribution in [-0.4, -0.2) is 44.5 Å². The summed E-state index contributed by atoms with van der Waals surface area (Å²) in [6.07, 6.45) is 4.89. The van der Waals surface area contributed by atoms with Crippen molar-refractivity contribution < 1.29 is 4.79 Å². The van der Waals surface area contributed by atoms with Gasteiger partial charge in [-0.15, -0.1) is 10.2 Å². The van der Waals surface area contributed by atoms with Gasteiger partial charge in [-0.05, 0) is 37.7 Å². The molecule has 0 spiro atoms. The van der Waals surface area contributed by atoms with Gasteiger partial charge in [0.1, 0.15) is 0 Å². The Kier molecular flexibility index (Phi) is 3.59. The first-order valence-electron chi connectivity index (χ1n) is 8.33.